The molecule has 3 heterocycles. The zero-order valence-corrected chi connectivity index (χ0v) is 21.3. The number of halogens is 2. The predicted molar refractivity (Wildman–Crippen MR) is 140 cm³/mol. The second-order valence-electron chi connectivity index (χ2n) is 9.49. The van der Waals surface area contributed by atoms with Crippen LogP contribution in [0.4, 0.5) is 5.69 Å². The van der Waals surface area contributed by atoms with Gasteiger partial charge in [-0.1, -0.05) is 35.7 Å². The molecule has 186 valence electrons. The summed E-state index contributed by atoms with van der Waals surface area (Å²) in [6, 6.07) is 11.4. The lowest BCUT2D eigenvalue weighted by Crippen LogP contribution is -2.60. The zero-order chi connectivity index (χ0) is 24.5. The Balaban J connectivity index is 1.37. The van der Waals surface area contributed by atoms with Crippen molar-refractivity contribution in [2.75, 3.05) is 37.7 Å². The largest absolute Gasteiger partial charge is 0.394 e. The number of benzene rings is 2. The summed E-state index contributed by atoms with van der Waals surface area (Å²) in [5.41, 5.74) is 3.01. The summed E-state index contributed by atoms with van der Waals surface area (Å²) in [5.74, 6) is 0.116. The van der Waals surface area contributed by atoms with E-state index in [1.165, 1.54) is 0 Å². The molecule has 0 bridgehead atoms. The van der Waals surface area contributed by atoms with Gasteiger partial charge in [0.25, 0.3) is 0 Å². The van der Waals surface area contributed by atoms with Crippen LogP contribution < -0.4 is 10.2 Å². The highest BCUT2D eigenvalue weighted by molar-refractivity contribution is 6.35. The van der Waals surface area contributed by atoms with Gasteiger partial charge < -0.3 is 20.2 Å². The van der Waals surface area contributed by atoms with Crippen LogP contribution in [0.1, 0.15) is 37.8 Å². The summed E-state index contributed by atoms with van der Waals surface area (Å²) in [6.07, 6.45) is 4.92. The molecule has 7 nitrogen and oxygen atoms in total. The standard InChI is InChI=1S/C26H31Cl2N5O2/c1-17(22-8-6-19(27)12-23(22)28)33-25-13-20(7-5-18(25)14-30-33)31-10-11-32(21(15-31)16-34)26(35)24-4-2-3-9-29-24/h5-8,12-14,17,21,24,29,34H,2-4,9-11,15-16H2,1H3/t17?,21-,24+/m0/s1. The molecule has 2 aliphatic heterocycles. The summed E-state index contributed by atoms with van der Waals surface area (Å²) in [7, 11) is 0. The Hall–Kier alpha value is -2.32. The highest BCUT2D eigenvalue weighted by Gasteiger charge is 2.34. The van der Waals surface area contributed by atoms with Gasteiger partial charge in [0.15, 0.2) is 0 Å². The number of nitrogens with zero attached hydrogens (tertiary/aromatic N) is 4. The van der Waals surface area contributed by atoms with Crippen molar-refractivity contribution < 1.29 is 9.90 Å². The molecule has 0 saturated carbocycles. The number of piperazine rings is 1. The average Bonchev–Trinajstić information content (AvgIpc) is 3.31. The molecule has 2 saturated heterocycles. The SMILES string of the molecule is CC(c1ccc(Cl)cc1Cl)n1ncc2ccc(N3CCN(C(=O)[C@H]4CCCCN4)[C@H](CO)C3)cc21. The number of rotatable bonds is 5. The Kier molecular flexibility index (Phi) is 7.21. The van der Waals surface area contributed by atoms with Gasteiger partial charge >= 0.3 is 0 Å². The molecule has 35 heavy (non-hydrogen) atoms. The normalized spacial score (nSPS) is 21.9. The second kappa shape index (κ2) is 10.3. The minimum atomic E-state index is -0.229. The van der Waals surface area contributed by atoms with Gasteiger partial charge in [-0.25, -0.2) is 0 Å². The molecule has 9 heteroatoms. The van der Waals surface area contributed by atoms with E-state index in [0.29, 0.717) is 29.7 Å². The van der Waals surface area contributed by atoms with Gasteiger partial charge in [0, 0.05) is 40.8 Å². The number of carbonyl (C=O) groups excluding carboxylic acids is 1. The lowest BCUT2D eigenvalue weighted by atomic mass is 10.0. The number of aromatic nitrogens is 2. The minimum Gasteiger partial charge on any atom is -0.394 e. The van der Waals surface area contributed by atoms with Crippen molar-refractivity contribution in [1.82, 2.24) is 20.0 Å². The number of hydrogen-bond donors (Lipinski definition) is 2. The topological polar surface area (TPSA) is 73.6 Å². The Morgan fingerprint density at radius 1 is 1.20 bits per heavy atom. The number of hydrogen-bond acceptors (Lipinski definition) is 5. The van der Waals surface area contributed by atoms with Gasteiger partial charge in [-0.3, -0.25) is 9.48 Å². The first-order valence-corrected chi connectivity index (χ1v) is 13.0. The van der Waals surface area contributed by atoms with E-state index in [-0.39, 0.29) is 30.6 Å². The number of nitrogens with one attached hydrogen (secondary N) is 1. The van der Waals surface area contributed by atoms with Crippen molar-refractivity contribution in [3.63, 3.8) is 0 Å². The third kappa shape index (κ3) is 4.87. The highest BCUT2D eigenvalue weighted by Crippen LogP contribution is 2.32. The van der Waals surface area contributed by atoms with Crippen LogP contribution in [0.5, 0.6) is 0 Å². The van der Waals surface area contributed by atoms with Crippen LogP contribution in [0.15, 0.2) is 42.6 Å². The third-order valence-corrected chi connectivity index (χ3v) is 7.87. The summed E-state index contributed by atoms with van der Waals surface area (Å²) in [6.45, 7) is 4.80. The number of piperidine rings is 1. The first-order valence-electron chi connectivity index (χ1n) is 12.3. The molecule has 1 unspecified atom stereocenters. The smallest absolute Gasteiger partial charge is 0.240 e. The lowest BCUT2D eigenvalue weighted by molar-refractivity contribution is -0.137. The minimum absolute atomic E-state index is 0.0543. The van der Waals surface area contributed by atoms with E-state index in [2.05, 4.69) is 40.4 Å². The number of aliphatic hydroxyl groups excluding tert-OH is 1. The van der Waals surface area contributed by atoms with Gasteiger partial charge in [0.1, 0.15) is 0 Å². The van der Waals surface area contributed by atoms with E-state index in [1.54, 1.807) is 6.07 Å². The molecule has 2 N–H and O–H groups in total. The van der Waals surface area contributed by atoms with Gasteiger partial charge in [-0.15, -0.1) is 0 Å². The van der Waals surface area contributed by atoms with Crippen molar-refractivity contribution >= 4 is 45.7 Å². The van der Waals surface area contributed by atoms with E-state index >= 15 is 0 Å². The highest BCUT2D eigenvalue weighted by atomic mass is 35.5. The maximum Gasteiger partial charge on any atom is 0.240 e. The molecule has 5 rings (SSSR count). The van der Waals surface area contributed by atoms with Gasteiger partial charge in [-0.05, 0) is 62.2 Å². The van der Waals surface area contributed by atoms with Crippen molar-refractivity contribution in [3.05, 3.63) is 58.2 Å². The Labute approximate surface area is 215 Å². The fourth-order valence-electron chi connectivity index (χ4n) is 5.30. The average molecular weight is 516 g/mol. The predicted octanol–water partition coefficient (Wildman–Crippen LogP) is 4.10. The molecule has 3 atom stereocenters. The maximum absolute atomic E-state index is 13.1. The fraction of sp³-hybridized carbons (Fsp3) is 0.462. The first-order chi connectivity index (χ1) is 17.0. The quantitative estimate of drug-likeness (QED) is 0.534. The zero-order valence-electron chi connectivity index (χ0n) is 19.8. The monoisotopic (exact) mass is 515 g/mol. The summed E-state index contributed by atoms with van der Waals surface area (Å²) >= 11 is 12.6. The molecule has 0 radical (unpaired) electrons. The molecule has 2 fully saturated rings. The van der Waals surface area contributed by atoms with Gasteiger partial charge in [0.05, 0.1) is 36.4 Å². The van der Waals surface area contributed by atoms with E-state index < -0.39 is 0 Å². The third-order valence-electron chi connectivity index (χ3n) is 7.31. The molecule has 2 aliphatic rings. The fourth-order valence-corrected chi connectivity index (χ4v) is 5.87. The summed E-state index contributed by atoms with van der Waals surface area (Å²) in [4.78, 5) is 17.2. The molecular weight excluding hydrogens is 485 g/mol. The summed E-state index contributed by atoms with van der Waals surface area (Å²) in [5, 5.41) is 20.4. The van der Waals surface area contributed by atoms with E-state index in [9.17, 15) is 9.90 Å². The molecule has 1 amide bonds. The molecule has 3 aromatic rings. The van der Waals surface area contributed by atoms with Crippen LogP contribution in [-0.4, -0.2) is 70.6 Å². The van der Waals surface area contributed by atoms with Crippen LogP contribution in [0.25, 0.3) is 10.9 Å². The van der Waals surface area contributed by atoms with Crippen molar-refractivity contribution in [3.8, 4) is 0 Å². The van der Waals surface area contributed by atoms with E-state index in [1.807, 2.05) is 27.9 Å². The molecular formula is C26H31Cl2N5O2. The Morgan fingerprint density at radius 2 is 2.06 bits per heavy atom. The number of amides is 1. The van der Waals surface area contributed by atoms with Crippen molar-refractivity contribution in [1.29, 1.82) is 0 Å². The lowest BCUT2D eigenvalue weighted by Gasteiger charge is -2.43. The van der Waals surface area contributed by atoms with Crippen molar-refractivity contribution in [2.24, 2.45) is 0 Å². The molecule has 0 spiro atoms. The first kappa shape index (κ1) is 24.4. The second-order valence-corrected chi connectivity index (χ2v) is 10.3. The Bertz CT molecular complexity index is 1210. The number of anilines is 1. The maximum atomic E-state index is 13.1. The molecule has 0 aliphatic carbocycles. The van der Waals surface area contributed by atoms with E-state index in [0.717, 1.165) is 48.0 Å². The van der Waals surface area contributed by atoms with Crippen LogP contribution in [0, 0.1) is 0 Å². The van der Waals surface area contributed by atoms with Gasteiger partial charge in [0.2, 0.25) is 5.91 Å². The van der Waals surface area contributed by atoms with Crippen LogP contribution in [0.2, 0.25) is 10.0 Å². The summed E-state index contributed by atoms with van der Waals surface area (Å²) < 4.78 is 1.98. The molecule has 1 aromatic heterocycles. The number of fused-ring (bicyclic) bond motifs is 1. The molecule has 2 aromatic carbocycles. The van der Waals surface area contributed by atoms with Crippen molar-refractivity contribution in [2.45, 2.75) is 44.3 Å². The van der Waals surface area contributed by atoms with Gasteiger partial charge in [-0.2, -0.15) is 5.10 Å². The van der Waals surface area contributed by atoms with E-state index in [4.69, 9.17) is 23.2 Å². The Morgan fingerprint density at radius 3 is 2.80 bits per heavy atom. The van der Waals surface area contributed by atoms with Crippen LogP contribution in [0.3, 0.4) is 0 Å². The van der Waals surface area contributed by atoms with Crippen LogP contribution >= 0.6 is 23.2 Å². The number of aliphatic hydroxyl groups is 1. The van der Waals surface area contributed by atoms with Crippen LogP contribution in [-0.2, 0) is 4.79 Å². The number of carbonyl (C=O) groups is 1.